The molecule has 28 heavy (non-hydrogen) atoms. The van der Waals surface area contributed by atoms with E-state index in [2.05, 4.69) is 36.9 Å². The zero-order valence-corrected chi connectivity index (χ0v) is 17.5. The van der Waals surface area contributed by atoms with Crippen molar-refractivity contribution in [1.29, 1.82) is 0 Å². The number of rotatable bonds is 8. The van der Waals surface area contributed by atoms with Crippen molar-refractivity contribution in [1.82, 2.24) is 0 Å². The van der Waals surface area contributed by atoms with Crippen molar-refractivity contribution in [2.45, 2.75) is 31.1 Å². The van der Waals surface area contributed by atoms with E-state index in [-0.39, 0.29) is 30.0 Å². The van der Waals surface area contributed by atoms with Gasteiger partial charge >= 0.3 is 0 Å². The van der Waals surface area contributed by atoms with Crippen molar-refractivity contribution in [3.8, 4) is 0 Å². The average molecular weight is 413 g/mol. The lowest BCUT2D eigenvalue weighted by molar-refractivity contribution is -0.116. The zero-order valence-electron chi connectivity index (χ0n) is 15.8. The summed E-state index contributed by atoms with van der Waals surface area (Å²) in [7, 11) is 0. The van der Waals surface area contributed by atoms with Gasteiger partial charge in [0.15, 0.2) is 5.78 Å². The van der Waals surface area contributed by atoms with Crippen LogP contribution in [-0.4, -0.2) is 33.0 Å². The van der Waals surface area contributed by atoms with Crippen LogP contribution >= 0.6 is 24.0 Å². The lowest BCUT2D eigenvalue weighted by Gasteiger charge is -2.29. The van der Waals surface area contributed by atoms with Gasteiger partial charge in [-0.05, 0) is 36.6 Å². The first-order valence-corrected chi connectivity index (χ1v) is 10.6. The molecule has 3 unspecified atom stereocenters. The van der Waals surface area contributed by atoms with E-state index in [4.69, 9.17) is 17.0 Å². The Hall–Kier alpha value is -1.95. The van der Waals surface area contributed by atoms with E-state index in [1.807, 2.05) is 24.3 Å². The number of aliphatic hydroxyl groups is 1. The fraction of sp³-hybridized carbons (Fsp3) is 0.304. The van der Waals surface area contributed by atoms with Gasteiger partial charge in [-0.15, -0.1) is 11.8 Å². The average Bonchev–Trinajstić information content (AvgIpc) is 2.70. The minimum Gasteiger partial charge on any atom is -0.491 e. The predicted molar refractivity (Wildman–Crippen MR) is 120 cm³/mol. The number of aliphatic hydroxyl groups excluding tert-OH is 1. The third-order valence-electron chi connectivity index (χ3n) is 4.72. The Labute approximate surface area is 175 Å². The molecule has 1 N–H and O–H groups in total. The van der Waals surface area contributed by atoms with Gasteiger partial charge in [-0.1, -0.05) is 61.3 Å². The van der Waals surface area contributed by atoms with E-state index >= 15 is 0 Å². The van der Waals surface area contributed by atoms with Crippen LogP contribution in [0.1, 0.15) is 25.3 Å². The second kappa shape index (κ2) is 9.50. The van der Waals surface area contributed by atoms with Gasteiger partial charge in [-0.3, -0.25) is 4.79 Å². The van der Waals surface area contributed by atoms with Crippen LogP contribution in [0, 0.1) is 5.92 Å². The quantitative estimate of drug-likeness (QED) is 0.487. The highest BCUT2D eigenvalue weighted by Crippen LogP contribution is 2.40. The molecule has 1 heterocycles. The minimum atomic E-state index is -0.681. The maximum absolute atomic E-state index is 11.6. The normalized spacial score (nSPS) is 22.0. The third kappa shape index (κ3) is 5.31. The maximum Gasteiger partial charge on any atom is 0.158 e. The van der Waals surface area contributed by atoms with Gasteiger partial charge in [0.1, 0.15) is 12.4 Å². The van der Waals surface area contributed by atoms with Crippen molar-refractivity contribution < 1.29 is 14.6 Å². The molecular weight excluding hydrogens is 388 g/mol. The predicted octanol–water partition coefficient (Wildman–Crippen LogP) is 4.89. The van der Waals surface area contributed by atoms with Gasteiger partial charge in [-0.2, -0.15) is 0 Å². The molecule has 0 saturated heterocycles. The number of ketones is 1. The Morgan fingerprint density at radius 1 is 1.32 bits per heavy atom. The molecule has 1 aliphatic carbocycles. The highest BCUT2D eigenvalue weighted by Gasteiger charge is 2.29. The van der Waals surface area contributed by atoms with E-state index in [0.29, 0.717) is 12.0 Å². The molecule has 5 heteroatoms. The molecule has 0 radical (unpaired) electrons. The van der Waals surface area contributed by atoms with Gasteiger partial charge in [0.25, 0.3) is 0 Å². The summed E-state index contributed by atoms with van der Waals surface area (Å²) in [4.78, 5) is 11.6. The summed E-state index contributed by atoms with van der Waals surface area (Å²) in [5.41, 5.74) is 2.78. The SMILES string of the molecule is C=C(C)C(=O)CCC(O)COC1=CC2SC(=S)C(c3ccccc3)=CC2C=C1. The molecule has 1 aromatic rings. The van der Waals surface area contributed by atoms with Crippen LogP contribution < -0.4 is 0 Å². The Bertz CT molecular complexity index is 852. The number of allylic oxidation sites excluding steroid dienone is 4. The number of Topliss-reactive ketones (excluding diaryl/α,β-unsaturated/α-hetero) is 1. The monoisotopic (exact) mass is 412 g/mol. The molecule has 0 bridgehead atoms. The zero-order chi connectivity index (χ0) is 20.1. The van der Waals surface area contributed by atoms with Crippen molar-refractivity contribution in [3.63, 3.8) is 0 Å². The van der Waals surface area contributed by atoms with Crippen molar-refractivity contribution >= 4 is 39.5 Å². The van der Waals surface area contributed by atoms with Crippen LogP contribution in [0.4, 0.5) is 0 Å². The van der Waals surface area contributed by atoms with Crippen LogP contribution in [0.5, 0.6) is 0 Å². The first-order chi connectivity index (χ1) is 13.4. The molecule has 1 aromatic carbocycles. The summed E-state index contributed by atoms with van der Waals surface area (Å²) in [5.74, 6) is 0.975. The smallest absolute Gasteiger partial charge is 0.158 e. The summed E-state index contributed by atoms with van der Waals surface area (Å²) in [6, 6.07) is 10.2. The van der Waals surface area contributed by atoms with E-state index in [9.17, 15) is 9.90 Å². The third-order valence-corrected chi connectivity index (χ3v) is 6.39. The van der Waals surface area contributed by atoms with Crippen LogP contribution in [-0.2, 0) is 9.53 Å². The van der Waals surface area contributed by atoms with Crippen molar-refractivity contribution in [2.24, 2.45) is 5.92 Å². The lowest BCUT2D eigenvalue weighted by atomic mass is 9.94. The summed E-state index contributed by atoms with van der Waals surface area (Å²) >= 11 is 7.29. The number of carbonyl (C=O) groups is 1. The molecule has 0 spiro atoms. The van der Waals surface area contributed by atoms with E-state index in [1.54, 1.807) is 18.7 Å². The fourth-order valence-electron chi connectivity index (χ4n) is 3.07. The fourth-order valence-corrected chi connectivity index (χ4v) is 4.68. The van der Waals surface area contributed by atoms with E-state index < -0.39 is 6.10 Å². The second-order valence-corrected chi connectivity index (χ2v) is 8.88. The number of fused-ring (bicyclic) bond motifs is 1. The molecule has 3 nitrogen and oxygen atoms in total. The van der Waals surface area contributed by atoms with E-state index in [1.165, 1.54) is 0 Å². The van der Waals surface area contributed by atoms with Crippen LogP contribution in [0.3, 0.4) is 0 Å². The molecule has 3 atom stereocenters. The van der Waals surface area contributed by atoms with Crippen LogP contribution in [0.15, 0.2) is 72.5 Å². The first-order valence-electron chi connectivity index (χ1n) is 9.32. The number of ether oxygens (including phenoxy) is 1. The topological polar surface area (TPSA) is 46.5 Å². The number of benzene rings is 1. The summed E-state index contributed by atoms with van der Waals surface area (Å²) in [6.07, 6.45) is 8.33. The molecule has 3 rings (SSSR count). The first kappa shape index (κ1) is 20.8. The van der Waals surface area contributed by atoms with Gasteiger partial charge in [0.05, 0.1) is 10.3 Å². The summed E-state index contributed by atoms with van der Waals surface area (Å²) in [5, 5.41) is 10.2. The molecule has 0 amide bonds. The second-order valence-electron chi connectivity index (χ2n) is 7.03. The van der Waals surface area contributed by atoms with Crippen LogP contribution in [0.2, 0.25) is 0 Å². The summed E-state index contributed by atoms with van der Waals surface area (Å²) in [6.45, 7) is 5.47. The van der Waals surface area contributed by atoms with Crippen LogP contribution in [0.25, 0.3) is 5.57 Å². The Balaban J connectivity index is 1.57. The van der Waals surface area contributed by atoms with Gasteiger partial charge in [0, 0.05) is 23.2 Å². The van der Waals surface area contributed by atoms with E-state index in [0.717, 1.165) is 21.1 Å². The van der Waals surface area contributed by atoms with Crippen molar-refractivity contribution in [3.05, 3.63) is 78.1 Å². The molecule has 0 saturated carbocycles. The Morgan fingerprint density at radius 3 is 2.79 bits per heavy atom. The standard InChI is InChI=1S/C23H24O3S2/c1-15(2)21(25)11-9-18(24)14-26-19-10-8-17-12-20(16-6-4-3-5-7-16)23(27)28-22(17)13-19/h3-8,10,12-13,17-18,22,24H,1,9,11,14H2,2H3. The molecule has 0 aromatic heterocycles. The summed E-state index contributed by atoms with van der Waals surface area (Å²) < 4.78 is 6.63. The molecule has 2 aliphatic rings. The molecule has 1 aliphatic heterocycles. The highest BCUT2D eigenvalue weighted by molar-refractivity contribution is 8.25. The van der Waals surface area contributed by atoms with Gasteiger partial charge in [-0.25, -0.2) is 0 Å². The number of thiocarbonyl (C=S) groups is 1. The molecular formula is C23H24O3S2. The molecule has 146 valence electrons. The van der Waals surface area contributed by atoms with Gasteiger partial charge < -0.3 is 9.84 Å². The lowest BCUT2D eigenvalue weighted by Crippen LogP contribution is -2.23. The maximum atomic E-state index is 11.6. The number of hydrogen-bond acceptors (Lipinski definition) is 5. The van der Waals surface area contributed by atoms with Gasteiger partial charge in [0.2, 0.25) is 0 Å². The Morgan fingerprint density at radius 2 is 2.07 bits per heavy atom. The molecule has 0 fully saturated rings. The number of thioether (sulfide) groups is 1. The highest BCUT2D eigenvalue weighted by atomic mass is 32.2. The largest absolute Gasteiger partial charge is 0.491 e. The van der Waals surface area contributed by atoms with Crippen molar-refractivity contribution in [2.75, 3.05) is 6.61 Å². The number of hydrogen-bond donors (Lipinski definition) is 1. The minimum absolute atomic E-state index is 0.0215. The Kier molecular flexibility index (Phi) is 7.05. The number of carbonyl (C=O) groups excluding carboxylic acids is 1.